The maximum atomic E-state index is 13.5. The maximum Gasteiger partial charge on any atom is 0.350 e. The fourth-order valence-electron chi connectivity index (χ4n) is 4.14. The van der Waals surface area contributed by atoms with Gasteiger partial charge in [0.2, 0.25) is 0 Å². The highest BCUT2D eigenvalue weighted by Gasteiger charge is 2.49. The highest BCUT2D eigenvalue weighted by molar-refractivity contribution is 7.17. The van der Waals surface area contributed by atoms with Crippen LogP contribution in [0.15, 0.2) is 48.0 Å². The van der Waals surface area contributed by atoms with Gasteiger partial charge in [0.25, 0.3) is 5.78 Å². The first kappa shape index (κ1) is 25.7. The number of aliphatic hydroxyl groups excluding tert-OH is 1. The maximum absolute atomic E-state index is 13.5. The molecule has 3 aromatic rings. The van der Waals surface area contributed by atoms with Crippen molar-refractivity contribution in [3.63, 3.8) is 0 Å². The van der Waals surface area contributed by atoms with Crippen molar-refractivity contribution in [2.45, 2.75) is 13.0 Å². The second kappa shape index (κ2) is 10.3. The third kappa shape index (κ3) is 4.38. The third-order valence-electron chi connectivity index (χ3n) is 5.88. The van der Waals surface area contributed by atoms with Gasteiger partial charge in [0.05, 0.1) is 39.7 Å². The molecule has 0 bridgehead atoms. The van der Waals surface area contributed by atoms with Crippen molar-refractivity contribution in [2.24, 2.45) is 0 Å². The standard InChI is InChI=1S/C26H24N2O8S/c1-13-23(25(32)36-5)37-26(27-13)28-19(16-10-7-11-17(34-3)22(16)35-4)18(21(30)24(28)31)20(29)14-8-6-9-15(12-14)33-2/h6-12,19,29H,1-5H3/t19-/m0/s1. The number of rotatable bonds is 7. The molecule has 11 heteroatoms. The summed E-state index contributed by atoms with van der Waals surface area (Å²) in [5, 5.41) is 11.4. The molecule has 0 unspecified atom stereocenters. The van der Waals surface area contributed by atoms with Crippen LogP contribution in [0.5, 0.6) is 17.2 Å². The van der Waals surface area contributed by atoms with E-state index in [0.717, 1.165) is 16.2 Å². The van der Waals surface area contributed by atoms with Crippen LogP contribution in [-0.4, -0.2) is 56.2 Å². The second-order valence-electron chi connectivity index (χ2n) is 7.89. The molecular weight excluding hydrogens is 500 g/mol. The van der Waals surface area contributed by atoms with Crippen LogP contribution in [0.2, 0.25) is 0 Å². The van der Waals surface area contributed by atoms with Gasteiger partial charge in [-0.2, -0.15) is 0 Å². The van der Waals surface area contributed by atoms with Crippen LogP contribution in [0.1, 0.15) is 32.5 Å². The minimum Gasteiger partial charge on any atom is -0.507 e. The van der Waals surface area contributed by atoms with Crippen molar-refractivity contribution >= 4 is 39.9 Å². The normalized spacial score (nSPS) is 16.6. The molecule has 4 rings (SSSR count). The third-order valence-corrected chi connectivity index (χ3v) is 7.01. The number of ether oxygens (including phenoxy) is 4. The molecule has 1 aliphatic rings. The summed E-state index contributed by atoms with van der Waals surface area (Å²) in [7, 11) is 5.60. The minimum absolute atomic E-state index is 0.0829. The number of carbonyl (C=O) groups is 3. The summed E-state index contributed by atoms with van der Waals surface area (Å²) in [6.07, 6.45) is 0. The van der Waals surface area contributed by atoms with Crippen molar-refractivity contribution in [1.82, 2.24) is 4.98 Å². The molecule has 0 aliphatic carbocycles. The zero-order chi connectivity index (χ0) is 26.9. The molecule has 2 aromatic carbocycles. The molecule has 1 atom stereocenters. The van der Waals surface area contributed by atoms with Crippen LogP contribution in [-0.2, 0) is 14.3 Å². The highest BCUT2D eigenvalue weighted by Crippen LogP contribution is 2.48. The van der Waals surface area contributed by atoms with Gasteiger partial charge in [0.1, 0.15) is 22.4 Å². The lowest BCUT2D eigenvalue weighted by atomic mass is 9.94. The predicted octanol–water partition coefficient (Wildman–Crippen LogP) is 3.89. The topological polar surface area (TPSA) is 124 Å². The van der Waals surface area contributed by atoms with Crippen LogP contribution >= 0.6 is 11.3 Å². The number of aryl methyl sites for hydroxylation is 1. The molecule has 1 amide bonds. The van der Waals surface area contributed by atoms with Gasteiger partial charge in [-0.25, -0.2) is 9.78 Å². The number of anilines is 1. The van der Waals surface area contributed by atoms with E-state index in [1.807, 2.05) is 0 Å². The quantitative estimate of drug-likeness (QED) is 0.212. The van der Waals surface area contributed by atoms with Crippen LogP contribution in [0.4, 0.5) is 5.13 Å². The number of para-hydroxylation sites is 1. The lowest BCUT2D eigenvalue weighted by Gasteiger charge is -2.25. The Morgan fingerprint density at radius 2 is 1.76 bits per heavy atom. The number of aromatic nitrogens is 1. The summed E-state index contributed by atoms with van der Waals surface area (Å²) >= 11 is 0.904. The predicted molar refractivity (Wildman–Crippen MR) is 136 cm³/mol. The number of hydrogen-bond donors (Lipinski definition) is 1. The summed E-state index contributed by atoms with van der Waals surface area (Å²) < 4.78 is 21.1. The minimum atomic E-state index is -1.15. The zero-order valence-corrected chi connectivity index (χ0v) is 21.5. The lowest BCUT2D eigenvalue weighted by molar-refractivity contribution is -0.132. The van der Waals surface area contributed by atoms with E-state index in [1.165, 1.54) is 28.4 Å². The fourth-order valence-corrected chi connectivity index (χ4v) is 5.16. The van der Waals surface area contributed by atoms with Crippen LogP contribution in [0.25, 0.3) is 5.76 Å². The second-order valence-corrected chi connectivity index (χ2v) is 8.86. The lowest BCUT2D eigenvalue weighted by Crippen LogP contribution is -2.29. The Labute approximate surface area is 216 Å². The van der Waals surface area contributed by atoms with Crippen molar-refractivity contribution in [1.29, 1.82) is 0 Å². The number of thiazole rings is 1. The van der Waals surface area contributed by atoms with Gasteiger partial charge >= 0.3 is 11.9 Å². The Hall–Kier alpha value is -4.38. The molecule has 1 aromatic heterocycles. The first-order chi connectivity index (χ1) is 17.8. The van der Waals surface area contributed by atoms with Gasteiger partial charge in [0.15, 0.2) is 16.6 Å². The van der Waals surface area contributed by atoms with Gasteiger partial charge in [-0.15, -0.1) is 0 Å². The van der Waals surface area contributed by atoms with Gasteiger partial charge in [-0.1, -0.05) is 35.6 Å². The molecule has 1 fully saturated rings. The molecule has 0 saturated carbocycles. The van der Waals surface area contributed by atoms with Crippen molar-refractivity contribution in [3.05, 3.63) is 69.7 Å². The summed E-state index contributed by atoms with van der Waals surface area (Å²) in [5.74, 6) is -1.81. The van der Waals surface area contributed by atoms with Gasteiger partial charge in [0, 0.05) is 11.1 Å². The number of amides is 1. The van der Waals surface area contributed by atoms with E-state index in [2.05, 4.69) is 4.98 Å². The smallest absolute Gasteiger partial charge is 0.350 e. The molecule has 1 aliphatic heterocycles. The Kier molecular flexibility index (Phi) is 7.16. The highest BCUT2D eigenvalue weighted by atomic mass is 32.1. The molecule has 37 heavy (non-hydrogen) atoms. The Morgan fingerprint density at radius 1 is 1.03 bits per heavy atom. The summed E-state index contributed by atoms with van der Waals surface area (Å²) in [4.78, 5) is 44.9. The number of hydrogen-bond acceptors (Lipinski definition) is 10. The van der Waals surface area contributed by atoms with E-state index in [9.17, 15) is 19.5 Å². The number of aliphatic hydroxyl groups is 1. The monoisotopic (exact) mass is 524 g/mol. The van der Waals surface area contributed by atoms with Crippen LogP contribution in [0, 0.1) is 6.92 Å². The van der Waals surface area contributed by atoms with Gasteiger partial charge < -0.3 is 24.1 Å². The molecule has 0 spiro atoms. The molecular formula is C26H24N2O8S. The van der Waals surface area contributed by atoms with Crippen molar-refractivity contribution in [2.75, 3.05) is 33.3 Å². The van der Waals surface area contributed by atoms with E-state index in [0.29, 0.717) is 22.8 Å². The molecule has 1 saturated heterocycles. The van der Waals surface area contributed by atoms with Crippen molar-refractivity contribution in [3.8, 4) is 17.2 Å². The van der Waals surface area contributed by atoms with E-state index < -0.39 is 29.5 Å². The molecule has 2 heterocycles. The number of nitrogens with zero attached hydrogens (tertiary/aromatic N) is 2. The average molecular weight is 525 g/mol. The van der Waals surface area contributed by atoms with E-state index in [4.69, 9.17) is 18.9 Å². The number of benzene rings is 2. The summed E-state index contributed by atoms with van der Waals surface area (Å²) in [6, 6.07) is 10.3. The van der Waals surface area contributed by atoms with E-state index in [-0.39, 0.29) is 26.9 Å². The Balaban J connectivity index is 2.01. The van der Waals surface area contributed by atoms with Gasteiger partial charge in [-0.3, -0.25) is 14.5 Å². The summed E-state index contributed by atoms with van der Waals surface area (Å²) in [6.45, 7) is 1.60. The Bertz CT molecular complexity index is 1430. The molecule has 0 radical (unpaired) electrons. The van der Waals surface area contributed by atoms with E-state index >= 15 is 0 Å². The number of ketones is 1. The number of Topliss-reactive ketones (excluding diaryl/α,β-unsaturated/α-hetero) is 1. The SMILES string of the molecule is COC(=O)c1sc(N2C(=O)C(=O)C(=C(O)c3cccc(OC)c3)[C@@H]2c2cccc(OC)c2OC)nc1C. The van der Waals surface area contributed by atoms with E-state index in [1.54, 1.807) is 49.4 Å². The number of methoxy groups -OCH3 is 4. The average Bonchev–Trinajstić information content (AvgIpc) is 3.43. The van der Waals surface area contributed by atoms with Crippen LogP contribution < -0.4 is 19.1 Å². The first-order valence-electron chi connectivity index (χ1n) is 11.0. The molecule has 1 N–H and O–H groups in total. The fraction of sp³-hybridized carbons (Fsp3) is 0.231. The van der Waals surface area contributed by atoms with Gasteiger partial charge in [-0.05, 0) is 25.1 Å². The zero-order valence-electron chi connectivity index (χ0n) is 20.7. The number of esters is 1. The summed E-state index contributed by atoms with van der Waals surface area (Å²) in [5.41, 5.74) is 0.794. The number of carbonyl (C=O) groups excluding carboxylic acids is 3. The van der Waals surface area contributed by atoms with Crippen molar-refractivity contribution < 1.29 is 38.4 Å². The molecule has 192 valence electrons. The first-order valence-corrected chi connectivity index (χ1v) is 11.8. The van der Waals surface area contributed by atoms with Crippen LogP contribution in [0.3, 0.4) is 0 Å². The Morgan fingerprint density at radius 3 is 2.41 bits per heavy atom. The molecule has 10 nitrogen and oxygen atoms in total. The largest absolute Gasteiger partial charge is 0.507 e.